The highest BCUT2D eigenvalue weighted by atomic mass is 15.1. The molecule has 2 aliphatic rings. The van der Waals surface area contributed by atoms with Gasteiger partial charge in [0.1, 0.15) is 0 Å². The minimum Gasteiger partial charge on any atom is -0.370 e. The number of hydrogen-bond donors (Lipinski definition) is 1. The van der Waals surface area contributed by atoms with Gasteiger partial charge >= 0.3 is 0 Å². The second-order valence-electron chi connectivity index (χ2n) is 6.02. The van der Waals surface area contributed by atoms with E-state index in [4.69, 9.17) is 5.73 Å². The quantitative estimate of drug-likeness (QED) is 0.838. The van der Waals surface area contributed by atoms with Crippen LogP contribution in [0.25, 0.3) is 0 Å². The summed E-state index contributed by atoms with van der Waals surface area (Å²) >= 11 is 0. The van der Waals surface area contributed by atoms with E-state index in [1.165, 1.54) is 44.5 Å². The molecule has 1 aromatic rings. The first kappa shape index (κ1) is 12.0. The monoisotopic (exact) mass is 245 g/mol. The Morgan fingerprint density at radius 1 is 1.22 bits per heavy atom. The normalized spacial score (nSPS) is 20.8. The fourth-order valence-corrected chi connectivity index (χ4v) is 2.36. The van der Waals surface area contributed by atoms with Crippen molar-refractivity contribution in [3.8, 4) is 0 Å². The molecule has 98 valence electrons. The zero-order valence-corrected chi connectivity index (χ0v) is 11.2. The van der Waals surface area contributed by atoms with Crippen molar-refractivity contribution in [1.29, 1.82) is 0 Å². The van der Waals surface area contributed by atoms with Gasteiger partial charge in [-0.15, -0.1) is 0 Å². The van der Waals surface area contributed by atoms with Crippen LogP contribution in [0.4, 0.5) is 5.69 Å². The molecular weight excluding hydrogens is 222 g/mol. The summed E-state index contributed by atoms with van der Waals surface area (Å²) in [5.41, 5.74) is 8.10. The van der Waals surface area contributed by atoms with E-state index in [1.807, 2.05) is 13.1 Å². The predicted molar refractivity (Wildman–Crippen MR) is 74.5 cm³/mol. The van der Waals surface area contributed by atoms with Crippen LogP contribution in [0.5, 0.6) is 0 Å². The van der Waals surface area contributed by atoms with Gasteiger partial charge in [0, 0.05) is 19.1 Å². The molecule has 0 saturated heterocycles. The van der Waals surface area contributed by atoms with Crippen molar-refractivity contribution in [3.63, 3.8) is 0 Å². The van der Waals surface area contributed by atoms with E-state index in [-0.39, 0.29) is 6.04 Å². The summed E-state index contributed by atoms with van der Waals surface area (Å²) in [6, 6.07) is 4.29. The lowest BCUT2D eigenvalue weighted by Gasteiger charge is -2.24. The van der Waals surface area contributed by atoms with Crippen molar-refractivity contribution in [2.24, 2.45) is 17.6 Å². The first-order valence-corrected chi connectivity index (χ1v) is 7.19. The Balaban J connectivity index is 1.70. The van der Waals surface area contributed by atoms with Crippen LogP contribution < -0.4 is 10.6 Å². The summed E-state index contributed by atoms with van der Waals surface area (Å²) < 4.78 is 0. The average molecular weight is 245 g/mol. The molecule has 1 unspecified atom stereocenters. The largest absolute Gasteiger partial charge is 0.370 e. The molecule has 2 saturated carbocycles. The molecule has 0 aromatic carbocycles. The molecule has 2 fully saturated rings. The second kappa shape index (κ2) is 4.88. The molecule has 3 nitrogen and oxygen atoms in total. The summed E-state index contributed by atoms with van der Waals surface area (Å²) in [6.07, 6.45) is 7.64. The van der Waals surface area contributed by atoms with E-state index < -0.39 is 0 Å². The van der Waals surface area contributed by atoms with Crippen molar-refractivity contribution in [3.05, 3.63) is 24.0 Å². The lowest BCUT2D eigenvalue weighted by Crippen LogP contribution is -2.28. The molecule has 0 bridgehead atoms. The molecule has 0 radical (unpaired) electrons. The molecular formula is C15H23N3. The maximum atomic E-state index is 5.85. The van der Waals surface area contributed by atoms with E-state index in [0.29, 0.717) is 0 Å². The van der Waals surface area contributed by atoms with Gasteiger partial charge in [0.25, 0.3) is 0 Å². The van der Waals surface area contributed by atoms with Gasteiger partial charge in [-0.1, -0.05) is 0 Å². The second-order valence-corrected chi connectivity index (χ2v) is 6.02. The Kier molecular flexibility index (Phi) is 3.25. The van der Waals surface area contributed by atoms with Crippen LogP contribution in [0, 0.1) is 11.8 Å². The minimum atomic E-state index is 0.0272. The Hall–Kier alpha value is -1.09. The first-order chi connectivity index (χ1) is 8.72. The van der Waals surface area contributed by atoms with Gasteiger partial charge < -0.3 is 10.6 Å². The molecule has 0 spiro atoms. The highest BCUT2D eigenvalue weighted by Crippen LogP contribution is 2.35. The number of nitrogens with two attached hydrogens (primary N) is 1. The van der Waals surface area contributed by atoms with Gasteiger partial charge in [0.15, 0.2) is 0 Å². The predicted octanol–water partition coefficient (Wildman–Crippen LogP) is 2.73. The molecule has 3 heteroatoms. The lowest BCUT2D eigenvalue weighted by molar-refractivity contribution is 0.677. The highest BCUT2D eigenvalue weighted by molar-refractivity contribution is 5.45. The highest BCUT2D eigenvalue weighted by Gasteiger charge is 2.29. The summed E-state index contributed by atoms with van der Waals surface area (Å²) in [6.45, 7) is 4.42. The van der Waals surface area contributed by atoms with Gasteiger partial charge in [-0.25, -0.2) is 0 Å². The number of anilines is 1. The van der Waals surface area contributed by atoms with Crippen LogP contribution >= 0.6 is 0 Å². The van der Waals surface area contributed by atoms with Gasteiger partial charge in [0.2, 0.25) is 0 Å². The Morgan fingerprint density at radius 2 is 1.83 bits per heavy atom. The van der Waals surface area contributed by atoms with Gasteiger partial charge in [-0.05, 0) is 56.6 Å². The summed E-state index contributed by atoms with van der Waals surface area (Å²) in [5.74, 6) is 1.86. The number of aromatic nitrogens is 1. The maximum Gasteiger partial charge on any atom is 0.0569 e. The Bertz CT molecular complexity index is 377. The van der Waals surface area contributed by atoms with E-state index >= 15 is 0 Å². The topological polar surface area (TPSA) is 42.1 Å². The number of rotatable bonds is 6. The Labute approximate surface area is 109 Å². The van der Waals surface area contributed by atoms with E-state index in [2.05, 4.69) is 22.0 Å². The van der Waals surface area contributed by atoms with Crippen LogP contribution in [-0.2, 0) is 0 Å². The minimum absolute atomic E-state index is 0.0272. The van der Waals surface area contributed by atoms with Crippen molar-refractivity contribution < 1.29 is 0 Å². The average Bonchev–Trinajstić information content (AvgIpc) is 3.23. The van der Waals surface area contributed by atoms with Crippen molar-refractivity contribution in [1.82, 2.24) is 4.98 Å². The number of pyridine rings is 1. The third-order valence-corrected chi connectivity index (χ3v) is 3.95. The number of nitrogens with zero attached hydrogens (tertiary/aromatic N) is 2. The molecule has 1 aromatic heterocycles. The van der Waals surface area contributed by atoms with Crippen molar-refractivity contribution in [2.75, 3.05) is 18.0 Å². The standard InChI is InChI=1S/C15H23N3/c1-11(16)15-7-6-14(8-17-15)18(9-12-2-3-12)10-13-4-5-13/h6-8,11-13H,2-5,9-10,16H2,1H3. The van der Waals surface area contributed by atoms with Crippen LogP contribution in [-0.4, -0.2) is 18.1 Å². The first-order valence-electron chi connectivity index (χ1n) is 7.19. The zero-order valence-electron chi connectivity index (χ0n) is 11.2. The third kappa shape index (κ3) is 3.02. The molecule has 1 heterocycles. The summed E-state index contributed by atoms with van der Waals surface area (Å²) in [4.78, 5) is 7.02. The molecule has 0 amide bonds. The SMILES string of the molecule is CC(N)c1ccc(N(CC2CC2)CC2CC2)cn1. The van der Waals surface area contributed by atoms with Crippen LogP contribution in [0.1, 0.15) is 44.3 Å². The zero-order chi connectivity index (χ0) is 12.5. The molecule has 2 N–H and O–H groups in total. The molecule has 0 aliphatic heterocycles. The molecule has 18 heavy (non-hydrogen) atoms. The number of hydrogen-bond acceptors (Lipinski definition) is 3. The Morgan fingerprint density at radius 3 is 2.22 bits per heavy atom. The van der Waals surface area contributed by atoms with E-state index in [0.717, 1.165) is 17.5 Å². The third-order valence-electron chi connectivity index (χ3n) is 3.95. The lowest BCUT2D eigenvalue weighted by atomic mass is 10.2. The molecule has 2 aliphatic carbocycles. The smallest absolute Gasteiger partial charge is 0.0569 e. The van der Waals surface area contributed by atoms with Crippen molar-refractivity contribution >= 4 is 5.69 Å². The van der Waals surface area contributed by atoms with Crippen LogP contribution in [0.2, 0.25) is 0 Å². The molecule has 1 atom stereocenters. The van der Waals surface area contributed by atoms with E-state index in [1.54, 1.807) is 0 Å². The molecule has 3 rings (SSSR count). The fraction of sp³-hybridized carbons (Fsp3) is 0.667. The van der Waals surface area contributed by atoms with Gasteiger partial charge in [0.05, 0.1) is 17.6 Å². The van der Waals surface area contributed by atoms with Crippen molar-refractivity contribution in [2.45, 2.75) is 38.6 Å². The fourth-order valence-electron chi connectivity index (χ4n) is 2.36. The summed E-state index contributed by atoms with van der Waals surface area (Å²) in [7, 11) is 0. The van der Waals surface area contributed by atoms with E-state index in [9.17, 15) is 0 Å². The summed E-state index contributed by atoms with van der Waals surface area (Å²) in [5, 5.41) is 0. The van der Waals surface area contributed by atoms with Gasteiger partial charge in [-0.3, -0.25) is 4.98 Å². The maximum absolute atomic E-state index is 5.85. The van der Waals surface area contributed by atoms with Crippen LogP contribution in [0.3, 0.4) is 0 Å². The van der Waals surface area contributed by atoms with Crippen LogP contribution in [0.15, 0.2) is 18.3 Å². The van der Waals surface area contributed by atoms with Gasteiger partial charge in [-0.2, -0.15) is 0 Å².